The molecule has 8 heteroatoms. The minimum absolute atomic E-state index is 0.0723. The number of nitrogens with zero attached hydrogens (tertiary/aromatic N) is 1. The van der Waals surface area contributed by atoms with Crippen molar-refractivity contribution in [2.75, 3.05) is 26.2 Å². The molecule has 0 unspecified atom stereocenters. The maximum Gasteiger partial charge on any atom is 0.326 e. The summed E-state index contributed by atoms with van der Waals surface area (Å²) in [4.78, 5) is 47.7. The largest absolute Gasteiger partial charge is 0.454 e. The molecule has 0 atom stereocenters. The molecule has 0 radical (unpaired) electrons. The molecule has 0 aromatic heterocycles. The average Bonchev–Trinajstić information content (AvgIpc) is 2.68. The maximum absolute atomic E-state index is 11.7. The summed E-state index contributed by atoms with van der Waals surface area (Å²) >= 11 is 0. The van der Waals surface area contributed by atoms with E-state index in [9.17, 15) is 19.2 Å². The maximum atomic E-state index is 11.7. The number of ether oxygens (including phenoxy) is 1. The number of hydrogen-bond donors (Lipinski definition) is 2. The molecular weight excluding hydrogens is 302 g/mol. The van der Waals surface area contributed by atoms with E-state index in [2.05, 4.69) is 10.6 Å². The van der Waals surface area contributed by atoms with Crippen LogP contribution in [0.2, 0.25) is 0 Å². The van der Waals surface area contributed by atoms with Crippen LogP contribution in [0.15, 0.2) is 0 Å². The van der Waals surface area contributed by atoms with Crippen LogP contribution in [0, 0.1) is 5.92 Å². The van der Waals surface area contributed by atoms with E-state index in [-0.39, 0.29) is 18.4 Å². The first-order valence-electron chi connectivity index (χ1n) is 7.89. The molecule has 0 bridgehead atoms. The summed E-state index contributed by atoms with van der Waals surface area (Å²) in [7, 11) is 0. The van der Waals surface area contributed by atoms with Gasteiger partial charge in [0.05, 0.1) is 0 Å². The number of likely N-dealkylation sites (tertiary alicyclic amines) is 1. The zero-order valence-corrected chi connectivity index (χ0v) is 13.7. The predicted octanol–water partition coefficient (Wildman–Crippen LogP) is 0.414. The molecule has 0 spiro atoms. The zero-order valence-electron chi connectivity index (χ0n) is 13.7. The van der Waals surface area contributed by atoms with E-state index in [0.717, 1.165) is 19.3 Å². The number of urea groups is 1. The van der Waals surface area contributed by atoms with E-state index in [4.69, 9.17) is 4.74 Å². The van der Waals surface area contributed by atoms with Gasteiger partial charge >= 0.3 is 12.0 Å². The monoisotopic (exact) mass is 327 g/mol. The van der Waals surface area contributed by atoms with Crippen molar-refractivity contribution in [3.63, 3.8) is 0 Å². The van der Waals surface area contributed by atoms with E-state index >= 15 is 0 Å². The van der Waals surface area contributed by atoms with Gasteiger partial charge in [-0.2, -0.15) is 0 Å². The number of nitrogens with one attached hydrogen (secondary N) is 2. The smallest absolute Gasteiger partial charge is 0.326 e. The fraction of sp³-hybridized carbons (Fsp3) is 0.733. The molecule has 4 amide bonds. The summed E-state index contributed by atoms with van der Waals surface area (Å²) in [5.74, 6) is -1.17. The van der Waals surface area contributed by atoms with Crippen molar-refractivity contribution in [1.82, 2.24) is 15.5 Å². The van der Waals surface area contributed by atoms with Crippen molar-refractivity contribution in [2.24, 2.45) is 5.92 Å². The molecular formula is C15H25N3O5. The predicted molar refractivity (Wildman–Crippen MR) is 82.4 cm³/mol. The molecule has 1 rings (SSSR count). The fourth-order valence-corrected chi connectivity index (χ4v) is 2.06. The highest BCUT2D eigenvalue weighted by Crippen LogP contribution is 2.10. The first kappa shape index (κ1) is 18.9. The van der Waals surface area contributed by atoms with Gasteiger partial charge in [-0.1, -0.05) is 20.3 Å². The number of carbonyl (C=O) groups is 4. The lowest BCUT2D eigenvalue weighted by molar-refractivity contribution is -0.152. The average molecular weight is 327 g/mol. The Morgan fingerprint density at radius 3 is 2.65 bits per heavy atom. The minimum atomic E-state index is -0.707. The molecule has 0 aliphatic carbocycles. The lowest BCUT2D eigenvalue weighted by atomic mass is 10.2. The van der Waals surface area contributed by atoms with Gasteiger partial charge in [-0.15, -0.1) is 0 Å². The summed E-state index contributed by atoms with van der Waals surface area (Å²) in [6.45, 7) is 4.11. The Morgan fingerprint density at radius 2 is 1.96 bits per heavy atom. The second kappa shape index (κ2) is 9.81. The molecule has 130 valence electrons. The highest BCUT2D eigenvalue weighted by Gasteiger charge is 2.20. The zero-order chi connectivity index (χ0) is 17.2. The van der Waals surface area contributed by atoms with Crippen molar-refractivity contribution in [3.05, 3.63) is 0 Å². The van der Waals surface area contributed by atoms with Gasteiger partial charge < -0.3 is 15.0 Å². The fourth-order valence-electron chi connectivity index (χ4n) is 2.06. The third-order valence-electron chi connectivity index (χ3n) is 3.28. The third-order valence-corrected chi connectivity index (χ3v) is 3.28. The van der Waals surface area contributed by atoms with Crippen LogP contribution < -0.4 is 10.6 Å². The number of carbonyl (C=O) groups excluding carboxylic acids is 4. The summed E-state index contributed by atoms with van der Waals surface area (Å²) in [5, 5.41) is 4.58. The SMILES string of the molecule is CC(C)CNC(=O)NC(=O)COC(=O)CN1CCCCCC1=O. The van der Waals surface area contributed by atoms with Gasteiger partial charge in [0.2, 0.25) is 5.91 Å². The van der Waals surface area contributed by atoms with Crippen molar-refractivity contribution in [3.8, 4) is 0 Å². The normalized spacial score (nSPS) is 15.1. The van der Waals surface area contributed by atoms with Crippen molar-refractivity contribution in [2.45, 2.75) is 39.5 Å². The second-order valence-corrected chi connectivity index (χ2v) is 5.94. The molecule has 2 N–H and O–H groups in total. The summed E-state index contributed by atoms with van der Waals surface area (Å²) < 4.78 is 4.80. The molecule has 1 aliphatic heterocycles. The van der Waals surface area contributed by atoms with Crippen molar-refractivity contribution >= 4 is 23.8 Å². The first-order chi connectivity index (χ1) is 10.9. The molecule has 8 nitrogen and oxygen atoms in total. The van der Waals surface area contributed by atoms with Crippen LogP contribution in [0.4, 0.5) is 4.79 Å². The summed E-state index contributed by atoms with van der Waals surface area (Å²) in [5.41, 5.74) is 0. The Labute approximate surface area is 135 Å². The van der Waals surface area contributed by atoms with Crippen LogP contribution in [0.3, 0.4) is 0 Å². The summed E-state index contributed by atoms with van der Waals surface area (Å²) in [6.07, 6.45) is 3.09. The Morgan fingerprint density at radius 1 is 1.22 bits per heavy atom. The molecule has 1 aliphatic rings. The number of imide groups is 1. The van der Waals surface area contributed by atoms with Gasteiger partial charge in [-0.3, -0.25) is 19.7 Å². The second-order valence-electron chi connectivity index (χ2n) is 5.94. The van der Waals surface area contributed by atoms with E-state index < -0.39 is 24.5 Å². The first-order valence-corrected chi connectivity index (χ1v) is 7.89. The van der Waals surface area contributed by atoms with Gasteiger partial charge in [0, 0.05) is 19.5 Å². The molecule has 1 saturated heterocycles. The van der Waals surface area contributed by atoms with Crippen LogP contribution >= 0.6 is 0 Å². The van der Waals surface area contributed by atoms with E-state index in [1.54, 1.807) is 0 Å². The molecule has 1 fully saturated rings. The van der Waals surface area contributed by atoms with Crippen LogP contribution in [0.1, 0.15) is 39.5 Å². The standard InChI is InChI=1S/C15H25N3O5/c1-11(2)8-16-15(22)17-12(19)10-23-14(21)9-18-7-5-3-4-6-13(18)20/h11H,3-10H2,1-2H3,(H2,16,17,19,22). The minimum Gasteiger partial charge on any atom is -0.454 e. The van der Waals surface area contributed by atoms with Crippen LogP contribution in [0.25, 0.3) is 0 Å². The lowest BCUT2D eigenvalue weighted by Crippen LogP contribution is -2.43. The molecule has 1 heterocycles. The van der Waals surface area contributed by atoms with Gasteiger partial charge in [-0.25, -0.2) is 4.79 Å². The van der Waals surface area contributed by atoms with Gasteiger partial charge in [0.25, 0.3) is 5.91 Å². The van der Waals surface area contributed by atoms with Gasteiger partial charge in [0.1, 0.15) is 6.54 Å². The topological polar surface area (TPSA) is 105 Å². The third kappa shape index (κ3) is 8.18. The van der Waals surface area contributed by atoms with E-state index in [1.807, 2.05) is 13.8 Å². The van der Waals surface area contributed by atoms with E-state index in [0.29, 0.717) is 19.5 Å². The molecule has 23 heavy (non-hydrogen) atoms. The molecule has 0 aromatic carbocycles. The van der Waals surface area contributed by atoms with Gasteiger partial charge in [-0.05, 0) is 18.8 Å². The Hall–Kier alpha value is -2.12. The molecule has 0 saturated carbocycles. The number of esters is 1. The number of hydrogen-bond acceptors (Lipinski definition) is 5. The molecule has 0 aromatic rings. The lowest BCUT2D eigenvalue weighted by Gasteiger charge is -2.19. The number of amides is 4. The van der Waals surface area contributed by atoms with Crippen LogP contribution in [-0.2, 0) is 19.1 Å². The van der Waals surface area contributed by atoms with Crippen molar-refractivity contribution in [1.29, 1.82) is 0 Å². The highest BCUT2D eigenvalue weighted by atomic mass is 16.5. The highest BCUT2D eigenvalue weighted by molar-refractivity contribution is 5.95. The Balaban J connectivity index is 2.25. The van der Waals surface area contributed by atoms with Crippen LogP contribution in [0.5, 0.6) is 0 Å². The Bertz CT molecular complexity index is 450. The quantitative estimate of drug-likeness (QED) is 0.688. The van der Waals surface area contributed by atoms with Gasteiger partial charge in [0.15, 0.2) is 6.61 Å². The van der Waals surface area contributed by atoms with Crippen LogP contribution in [-0.4, -0.2) is 55.0 Å². The van der Waals surface area contributed by atoms with E-state index in [1.165, 1.54) is 4.90 Å². The Kier molecular flexibility index (Phi) is 8.07. The number of rotatable bonds is 6. The van der Waals surface area contributed by atoms with Crippen molar-refractivity contribution < 1.29 is 23.9 Å². The summed E-state index contributed by atoms with van der Waals surface area (Å²) in [6, 6.07) is -0.623.